The van der Waals surface area contributed by atoms with Gasteiger partial charge in [0.15, 0.2) is 6.54 Å². The molecule has 0 saturated heterocycles. The summed E-state index contributed by atoms with van der Waals surface area (Å²) in [7, 11) is 0.000622. The molecule has 0 radical (unpaired) electrons. The van der Waals surface area contributed by atoms with Crippen molar-refractivity contribution in [3.63, 3.8) is 0 Å². The molecule has 0 atom stereocenters. The van der Waals surface area contributed by atoms with Crippen LogP contribution < -0.4 is 0 Å². The highest BCUT2D eigenvalue weighted by Gasteiger charge is 2.14. The van der Waals surface area contributed by atoms with Gasteiger partial charge in [-0.1, -0.05) is 0 Å². The number of unbranched alkanes of at least 4 members (excludes halogenated alkanes) is 1. The molecule has 0 aliphatic carbocycles. The van der Waals surface area contributed by atoms with Crippen molar-refractivity contribution >= 4 is 10.1 Å². The van der Waals surface area contributed by atoms with Gasteiger partial charge in [-0.15, -0.1) is 0 Å². The average Bonchev–Trinajstić information content (AvgIpc) is 1.96. The van der Waals surface area contributed by atoms with Gasteiger partial charge in [0, 0.05) is 0 Å². The molecule has 0 spiro atoms. The summed E-state index contributed by atoms with van der Waals surface area (Å²) in [5.41, 5.74) is 0. The Morgan fingerprint density at radius 2 is 1.93 bits per heavy atom. The van der Waals surface area contributed by atoms with Crippen LogP contribution in [0.1, 0.15) is 12.8 Å². The molecule has 0 bridgehead atoms. The molecule has 0 fully saturated rings. The van der Waals surface area contributed by atoms with Gasteiger partial charge in [-0.05, 0) is 12.8 Å². The molecule has 0 heterocycles. The van der Waals surface area contributed by atoms with Crippen LogP contribution in [0.2, 0.25) is 0 Å². The van der Waals surface area contributed by atoms with Gasteiger partial charge in [-0.25, -0.2) is 0 Å². The molecule has 0 saturated carbocycles. The minimum Gasteiger partial charge on any atom is -0.317 e. The lowest BCUT2D eigenvalue weighted by molar-refractivity contribution is -0.883. The van der Waals surface area contributed by atoms with Crippen LogP contribution in [0.15, 0.2) is 0 Å². The molecular weight excluding hydrogens is 204 g/mol. The van der Waals surface area contributed by atoms with Gasteiger partial charge in [0.2, 0.25) is 0 Å². The maximum atomic E-state index is 10.4. The number of rotatable bonds is 6. The highest BCUT2D eigenvalue weighted by molar-refractivity contribution is 7.85. The van der Waals surface area contributed by atoms with Crippen molar-refractivity contribution in [2.45, 2.75) is 12.8 Å². The zero-order valence-electron chi connectivity index (χ0n) is 8.60. The van der Waals surface area contributed by atoms with Crippen LogP contribution in [0.3, 0.4) is 0 Å². The van der Waals surface area contributed by atoms with E-state index in [9.17, 15) is 8.42 Å². The smallest absolute Gasteiger partial charge is 0.264 e. The molecule has 0 aliphatic rings. The molecule has 0 amide bonds. The molecule has 0 unspecified atom stereocenters. The number of quaternary nitrogens is 1. The van der Waals surface area contributed by atoms with E-state index < -0.39 is 10.1 Å². The van der Waals surface area contributed by atoms with Crippen LogP contribution in [0.4, 0.5) is 0 Å². The highest BCUT2D eigenvalue weighted by Crippen LogP contribution is 2.02. The largest absolute Gasteiger partial charge is 0.317 e. The fourth-order valence-corrected chi connectivity index (χ4v) is 1.66. The van der Waals surface area contributed by atoms with Crippen molar-refractivity contribution in [2.24, 2.45) is 0 Å². The maximum Gasteiger partial charge on any atom is 0.264 e. The fraction of sp³-hybridized carbons (Fsp3) is 0.875. The van der Waals surface area contributed by atoms with E-state index in [1.54, 1.807) is 0 Å². The van der Waals surface area contributed by atoms with Crippen LogP contribution in [-0.2, 0) is 10.1 Å². The third kappa shape index (κ3) is 7.98. The lowest BCUT2D eigenvalue weighted by Gasteiger charge is -2.26. The van der Waals surface area contributed by atoms with Gasteiger partial charge < -0.3 is 4.48 Å². The van der Waals surface area contributed by atoms with Crippen molar-refractivity contribution in [1.29, 1.82) is 5.26 Å². The van der Waals surface area contributed by atoms with Crippen molar-refractivity contribution in [3.05, 3.63) is 0 Å². The summed E-state index contributed by atoms with van der Waals surface area (Å²) in [4.78, 5) is 0. The van der Waals surface area contributed by atoms with E-state index in [4.69, 9.17) is 9.81 Å². The van der Waals surface area contributed by atoms with E-state index in [1.165, 1.54) is 0 Å². The molecule has 0 rings (SSSR count). The molecular formula is C8H17N2O3S+. The Balaban J connectivity index is 3.71. The van der Waals surface area contributed by atoms with Crippen molar-refractivity contribution in [1.82, 2.24) is 0 Å². The Morgan fingerprint density at radius 1 is 1.36 bits per heavy atom. The Labute approximate surface area is 85.3 Å². The molecule has 82 valence electrons. The van der Waals surface area contributed by atoms with E-state index in [0.29, 0.717) is 23.9 Å². The van der Waals surface area contributed by atoms with Gasteiger partial charge in [-0.3, -0.25) is 4.55 Å². The van der Waals surface area contributed by atoms with Gasteiger partial charge in [0.05, 0.1) is 26.4 Å². The van der Waals surface area contributed by atoms with Gasteiger partial charge >= 0.3 is 0 Å². The standard InChI is InChI=1S/C8H16N2O3S/c1-10(2,7-5-9)6-3-4-8-14(11,12)13/h3-4,6-8H2,1-2H3/p+1. The summed E-state index contributed by atoms with van der Waals surface area (Å²) in [6, 6.07) is 2.07. The quantitative estimate of drug-likeness (QED) is 0.302. The summed E-state index contributed by atoms with van der Waals surface area (Å²) in [6.45, 7) is 1.15. The molecule has 1 N–H and O–H groups in total. The van der Waals surface area contributed by atoms with E-state index in [0.717, 1.165) is 6.54 Å². The first-order valence-corrected chi connectivity index (χ1v) is 6.02. The summed E-state index contributed by atoms with van der Waals surface area (Å²) < 4.78 is 29.8. The normalized spacial score (nSPS) is 12.4. The van der Waals surface area contributed by atoms with Gasteiger partial charge in [0.25, 0.3) is 10.1 Å². The first kappa shape index (κ1) is 13.4. The van der Waals surface area contributed by atoms with Crippen LogP contribution >= 0.6 is 0 Å². The molecule has 5 nitrogen and oxygen atoms in total. The maximum absolute atomic E-state index is 10.4. The first-order valence-electron chi connectivity index (χ1n) is 4.41. The second-order valence-electron chi connectivity index (χ2n) is 3.97. The fourth-order valence-electron chi connectivity index (χ4n) is 1.09. The highest BCUT2D eigenvalue weighted by atomic mass is 32.2. The average molecular weight is 221 g/mol. The van der Waals surface area contributed by atoms with Crippen LogP contribution in [0.5, 0.6) is 0 Å². The predicted octanol–water partition coefficient (Wildman–Crippen LogP) is 0.254. The Morgan fingerprint density at radius 3 is 2.36 bits per heavy atom. The number of hydrogen-bond donors (Lipinski definition) is 1. The second kappa shape index (κ2) is 5.29. The number of nitriles is 1. The van der Waals surface area contributed by atoms with Crippen molar-refractivity contribution < 1.29 is 17.5 Å². The molecule has 0 aromatic carbocycles. The van der Waals surface area contributed by atoms with Crippen LogP contribution in [0.25, 0.3) is 0 Å². The van der Waals surface area contributed by atoms with Crippen LogP contribution in [-0.4, -0.2) is 50.4 Å². The van der Waals surface area contributed by atoms with Crippen molar-refractivity contribution in [2.75, 3.05) is 32.9 Å². The summed E-state index contributed by atoms with van der Waals surface area (Å²) in [5, 5.41) is 8.49. The summed E-state index contributed by atoms with van der Waals surface area (Å²) >= 11 is 0. The Hall–Kier alpha value is -0.640. The van der Waals surface area contributed by atoms with Gasteiger partial charge in [-0.2, -0.15) is 13.7 Å². The predicted molar refractivity (Wildman–Crippen MR) is 53.1 cm³/mol. The molecule has 0 aliphatic heterocycles. The summed E-state index contributed by atoms with van der Waals surface area (Å²) in [6.07, 6.45) is 1.13. The second-order valence-corrected chi connectivity index (χ2v) is 5.54. The SMILES string of the molecule is C[N+](C)(CC#N)CCCCS(=O)(=O)O. The number of nitrogens with zero attached hydrogens (tertiary/aromatic N) is 2. The van der Waals surface area contributed by atoms with E-state index >= 15 is 0 Å². The molecule has 6 heteroatoms. The van der Waals surface area contributed by atoms with E-state index in [2.05, 4.69) is 6.07 Å². The first-order chi connectivity index (χ1) is 6.27. The molecule has 14 heavy (non-hydrogen) atoms. The third-order valence-corrected chi connectivity index (χ3v) is 2.72. The minimum atomic E-state index is -3.83. The van der Waals surface area contributed by atoms with Gasteiger partial charge in [0.1, 0.15) is 6.07 Å². The molecule has 0 aromatic rings. The number of hydrogen-bond acceptors (Lipinski definition) is 3. The zero-order chi connectivity index (χ0) is 11.2. The minimum absolute atomic E-state index is 0.195. The lowest BCUT2D eigenvalue weighted by atomic mass is 10.3. The monoisotopic (exact) mass is 221 g/mol. The Bertz CT molecular complexity index is 303. The lowest BCUT2D eigenvalue weighted by Crippen LogP contribution is -2.40. The zero-order valence-corrected chi connectivity index (χ0v) is 9.42. The van der Waals surface area contributed by atoms with E-state index in [-0.39, 0.29) is 5.75 Å². The topological polar surface area (TPSA) is 78.2 Å². The third-order valence-electron chi connectivity index (χ3n) is 1.91. The Kier molecular flexibility index (Phi) is 5.05. The molecule has 0 aromatic heterocycles. The van der Waals surface area contributed by atoms with Crippen LogP contribution in [0, 0.1) is 11.3 Å². The van der Waals surface area contributed by atoms with Crippen molar-refractivity contribution in [3.8, 4) is 6.07 Å². The van der Waals surface area contributed by atoms with E-state index in [1.807, 2.05) is 14.1 Å². The summed E-state index contributed by atoms with van der Waals surface area (Å²) in [5.74, 6) is -0.195.